The zero-order chi connectivity index (χ0) is 16.0. The van der Waals surface area contributed by atoms with Crippen molar-refractivity contribution in [2.75, 3.05) is 0 Å². The summed E-state index contributed by atoms with van der Waals surface area (Å²) in [5.74, 6) is 1.83. The van der Waals surface area contributed by atoms with Crippen molar-refractivity contribution in [3.63, 3.8) is 0 Å². The molecule has 120 valence electrons. The topological polar surface area (TPSA) is 0 Å². The molecule has 0 amide bonds. The highest BCUT2D eigenvalue weighted by Gasteiger charge is 2.41. The van der Waals surface area contributed by atoms with Gasteiger partial charge >= 0.3 is 0 Å². The molecular formula is C22H26S. The van der Waals surface area contributed by atoms with E-state index in [1.165, 1.54) is 33.0 Å². The van der Waals surface area contributed by atoms with Gasteiger partial charge in [-0.05, 0) is 41.4 Å². The van der Waals surface area contributed by atoms with Crippen molar-refractivity contribution in [1.82, 2.24) is 0 Å². The number of allylic oxidation sites excluding steroid dienone is 5. The van der Waals surface area contributed by atoms with E-state index in [-0.39, 0.29) is 5.41 Å². The van der Waals surface area contributed by atoms with Gasteiger partial charge in [0.2, 0.25) is 0 Å². The maximum Gasteiger partial charge on any atom is 0.0309 e. The highest BCUT2D eigenvalue weighted by Crippen LogP contribution is 2.48. The monoisotopic (exact) mass is 322 g/mol. The van der Waals surface area contributed by atoms with E-state index >= 15 is 0 Å². The van der Waals surface area contributed by atoms with E-state index in [4.69, 9.17) is 0 Å². The molecule has 4 rings (SSSR count). The van der Waals surface area contributed by atoms with Crippen molar-refractivity contribution in [3.05, 3.63) is 50.6 Å². The summed E-state index contributed by atoms with van der Waals surface area (Å²) in [5.41, 5.74) is 1.71. The molecule has 0 saturated heterocycles. The highest BCUT2D eigenvalue weighted by atomic mass is 32.1. The maximum absolute atomic E-state index is 2.51. The normalized spacial score (nSPS) is 32.9. The average molecular weight is 323 g/mol. The molecule has 0 aromatic carbocycles. The van der Waals surface area contributed by atoms with Crippen LogP contribution in [0.3, 0.4) is 0 Å². The molecule has 2 bridgehead atoms. The summed E-state index contributed by atoms with van der Waals surface area (Å²) in [7, 11) is 0. The molecule has 0 saturated carbocycles. The molecule has 23 heavy (non-hydrogen) atoms. The number of rotatable bonds is 1. The Morgan fingerprint density at radius 1 is 1.13 bits per heavy atom. The van der Waals surface area contributed by atoms with Crippen LogP contribution in [0.1, 0.15) is 44.1 Å². The Bertz CT molecular complexity index is 815. The number of fused-ring (bicyclic) bond motifs is 5. The number of hydrogen-bond donors (Lipinski definition) is 0. The first-order chi connectivity index (χ1) is 11.1. The molecule has 0 N–H and O–H groups in total. The summed E-state index contributed by atoms with van der Waals surface area (Å²) in [6, 6.07) is 0. The molecule has 1 heterocycles. The highest BCUT2D eigenvalue weighted by molar-refractivity contribution is 7.10. The Morgan fingerprint density at radius 3 is 2.78 bits per heavy atom. The molecule has 1 aromatic heterocycles. The lowest BCUT2D eigenvalue weighted by molar-refractivity contribution is 0.228. The fourth-order valence-electron chi connectivity index (χ4n) is 4.52. The van der Waals surface area contributed by atoms with E-state index in [1.807, 2.05) is 11.3 Å². The lowest BCUT2D eigenvalue weighted by atomic mass is 9.68. The molecule has 0 spiro atoms. The quantitative estimate of drug-likeness (QED) is 0.658. The Kier molecular flexibility index (Phi) is 3.72. The number of thiophene rings is 1. The first kappa shape index (κ1) is 15.2. The van der Waals surface area contributed by atoms with Crippen LogP contribution in [0.2, 0.25) is 0 Å². The van der Waals surface area contributed by atoms with E-state index in [1.54, 1.807) is 0 Å². The Balaban J connectivity index is 1.86. The van der Waals surface area contributed by atoms with Crippen molar-refractivity contribution in [2.24, 2.45) is 23.2 Å². The first-order valence-corrected chi connectivity index (χ1v) is 9.81. The molecule has 0 radical (unpaired) electrons. The third-order valence-corrected chi connectivity index (χ3v) is 7.34. The molecule has 0 nitrogen and oxygen atoms in total. The summed E-state index contributed by atoms with van der Waals surface area (Å²) in [6.07, 6.45) is 23.1. The predicted octanol–water partition coefficient (Wildman–Crippen LogP) is 4.69. The molecule has 3 aliphatic carbocycles. The van der Waals surface area contributed by atoms with E-state index in [2.05, 4.69) is 69.4 Å². The molecule has 3 atom stereocenters. The molecule has 1 aromatic rings. The van der Waals surface area contributed by atoms with Crippen LogP contribution in [0.25, 0.3) is 18.2 Å². The molecule has 3 aliphatic rings. The maximum atomic E-state index is 2.51. The second-order valence-electron chi connectivity index (χ2n) is 7.55. The van der Waals surface area contributed by atoms with E-state index in [9.17, 15) is 0 Å². The second-order valence-corrected chi connectivity index (χ2v) is 8.68. The van der Waals surface area contributed by atoms with Gasteiger partial charge in [-0.15, -0.1) is 11.3 Å². The standard InChI is InChI=1S/C22H26S/c1-15(2)22-13-6-9-21-19(11-10-17(12-14-22)16(22)3)18-7-4-5-8-20(18)23-21/h6-8,10-17H,4-5,9H2,1-3H3/b11-10-,13-6?. The van der Waals surface area contributed by atoms with Gasteiger partial charge in [-0.3, -0.25) is 0 Å². The van der Waals surface area contributed by atoms with E-state index in [0.29, 0.717) is 17.8 Å². The number of hydrogen-bond acceptors (Lipinski definition) is 1. The lowest BCUT2D eigenvalue weighted by Crippen LogP contribution is -2.30. The Morgan fingerprint density at radius 2 is 1.96 bits per heavy atom. The van der Waals surface area contributed by atoms with Gasteiger partial charge in [-0.2, -0.15) is 0 Å². The van der Waals surface area contributed by atoms with Gasteiger partial charge in [0.25, 0.3) is 0 Å². The van der Waals surface area contributed by atoms with Gasteiger partial charge in [0.05, 0.1) is 0 Å². The third-order valence-electron chi connectivity index (χ3n) is 6.10. The van der Waals surface area contributed by atoms with Crippen LogP contribution in [-0.4, -0.2) is 0 Å². The van der Waals surface area contributed by atoms with Crippen molar-refractivity contribution in [2.45, 2.75) is 40.0 Å². The average Bonchev–Trinajstić information content (AvgIpc) is 3.04. The van der Waals surface area contributed by atoms with Crippen LogP contribution in [0, 0.1) is 23.2 Å². The van der Waals surface area contributed by atoms with Crippen LogP contribution < -0.4 is 9.75 Å². The van der Waals surface area contributed by atoms with Gasteiger partial charge in [0.1, 0.15) is 0 Å². The van der Waals surface area contributed by atoms with Crippen molar-refractivity contribution < 1.29 is 0 Å². The summed E-state index contributed by atoms with van der Waals surface area (Å²) >= 11 is 2.00. The lowest BCUT2D eigenvalue weighted by Gasteiger charge is -2.36. The van der Waals surface area contributed by atoms with Gasteiger partial charge in [-0.1, -0.05) is 69.4 Å². The van der Waals surface area contributed by atoms with Crippen LogP contribution in [0.15, 0.2) is 30.4 Å². The zero-order valence-corrected chi connectivity index (χ0v) is 15.2. The Hall–Kier alpha value is -1.34. The SMILES string of the molecule is CC(C)C12C=CCc3sc4c(c3/C=C\C(C=C1)C2C)=CCCC=4. The molecule has 1 heteroatoms. The summed E-state index contributed by atoms with van der Waals surface area (Å²) in [5, 5.41) is 1.49. The van der Waals surface area contributed by atoms with Crippen LogP contribution in [0.4, 0.5) is 0 Å². The van der Waals surface area contributed by atoms with Gasteiger partial charge in [-0.25, -0.2) is 0 Å². The molecule has 0 fully saturated rings. The van der Waals surface area contributed by atoms with E-state index < -0.39 is 0 Å². The molecule has 3 unspecified atom stereocenters. The van der Waals surface area contributed by atoms with Crippen molar-refractivity contribution >= 4 is 29.6 Å². The largest absolute Gasteiger partial charge is 0.140 e. The fraction of sp³-hybridized carbons (Fsp3) is 0.455. The predicted molar refractivity (Wildman–Crippen MR) is 103 cm³/mol. The minimum Gasteiger partial charge on any atom is -0.140 e. The van der Waals surface area contributed by atoms with Crippen LogP contribution >= 0.6 is 11.3 Å². The summed E-state index contributed by atoms with van der Waals surface area (Å²) < 4.78 is 1.49. The minimum atomic E-state index is 0.224. The molecule has 0 aliphatic heterocycles. The van der Waals surface area contributed by atoms with Crippen LogP contribution in [-0.2, 0) is 6.42 Å². The van der Waals surface area contributed by atoms with Crippen molar-refractivity contribution in [1.29, 1.82) is 0 Å². The van der Waals surface area contributed by atoms with E-state index in [0.717, 1.165) is 6.42 Å². The minimum absolute atomic E-state index is 0.224. The summed E-state index contributed by atoms with van der Waals surface area (Å²) in [6.45, 7) is 7.15. The van der Waals surface area contributed by atoms with Gasteiger partial charge in [0, 0.05) is 21.2 Å². The summed E-state index contributed by atoms with van der Waals surface area (Å²) in [4.78, 5) is 1.53. The fourth-order valence-corrected chi connectivity index (χ4v) is 5.76. The zero-order valence-electron chi connectivity index (χ0n) is 14.4. The second kappa shape index (κ2) is 5.63. The Labute approximate surface area is 143 Å². The first-order valence-electron chi connectivity index (χ1n) is 8.99. The van der Waals surface area contributed by atoms with Gasteiger partial charge < -0.3 is 0 Å². The van der Waals surface area contributed by atoms with Gasteiger partial charge in [0.15, 0.2) is 0 Å². The molecular weight excluding hydrogens is 296 g/mol. The van der Waals surface area contributed by atoms with Crippen LogP contribution in [0.5, 0.6) is 0 Å². The third kappa shape index (κ3) is 2.32. The van der Waals surface area contributed by atoms with Crippen molar-refractivity contribution in [3.8, 4) is 0 Å². The smallest absolute Gasteiger partial charge is 0.0309 e.